The predicted octanol–water partition coefficient (Wildman–Crippen LogP) is 5.20. The maximum Gasteiger partial charge on any atom is 0.0408 e. The van der Waals surface area contributed by atoms with Gasteiger partial charge in [0.1, 0.15) is 0 Å². The molecule has 17 heavy (non-hydrogen) atoms. The zero-order chi connectivity index (χ0) is 12.1. The molecule has 0 nitrogen and oxygen atoms in total. The molecule has 2 rings (SSSR count). The van der Waals surface area contributed by atoms with Crippen molar-refractivity contribution in [2.75, 3.05) is 5.33 Å². The molecule has 0 N–H and O–H groups in total. The number of hydrogen-bond donors (Lipinski definition) is 0. The van der Waals surface area contributed by atoms with Crippen LogP contribution in [-0.4, -0.2) is 5.33 Å². The number of rotatable bonds is 5. The Labute approximate surface area is 120 Å². The normalized spacial score (nSPS) is 12.6. The molecule has 0 aliphatic heterocycles. The zero-order valence-electron chi connectivity index (χ0n) is 9.40. The van der Waals surface area contributed by atoms with E-state index < -0.39 is 0 Å². The zero-order valence-corrected chi connectivity index (χ0v) is 12.6. The minimum absolute atomic E-state index is 0.628. The minimum atomic E-state index is 0.628. The van der Waals surface area contributed by atoms with E-state index in [1.165, 1.54) is 11.1 Å². The van der Waals surface area contributed by atoms with Crippen LogP contribution in [0.3, 0.4) is 0 Å². The third-order valence-electron chi connectivity index (χ3n) is 2.74. The van der Waals surface area contributed by atoms with Gasteiger partial charge in [-0.1, -0.05) is 39.7 Å². The highest BCUT2D eigenvalue weighted by Crippen LogP contribution is 2.20. The molecule has 0 spiro atoms. The molecule has 1 atom stereocenters. The maximum absolute atomic E-state index is 6.00. The fourth-order valence-electron chi connectivity index (χ4n) is 1.92. The van der Waals surface area contributed by atoms with E-state index in [0.29, 0.717) is 5.92 Å². The van der Waals surface area contributed by atoms with Gasteiger partial charge in [-0.25, -0.2) is 0 Å². The Bertz CT molecular complexity index is 453. The minimum Gasteiger partial charge on any atom is -0.152 e. The Morgan fingerprint density at radius 2 is 2.00 bits per heavy atom. The molecular formula is C14H14BrClS. The first-order valence-electron chi connectivity index (χ1n) is 5.59. The molecule has 0 amide bonds. The second-order valence-corrected chi connectivity index (χ2v) is 6.05. The molecule has 1 heterocycles. The first kappa shape index (κ1) is 13.1. The highest BCUT2D eigenvalue weighted by molar-refractivity contribution is 9.09. The lowest BCUT2D eigenvalue weighted by atomic mass is 9.95. The van der Waals surface area contributed by atoms with Crippen LogP contribution in [0.1, 0.15) is 11.1 Å². The fourth-order valence-corrected chi connectivity index (χ4v) is 3.27. The Morgan fingerprint density at radius 3 is 2.65 bits per heavy atom. The Kier molecular flexibility index (Phi) is 5.08. The van der Waals surface area contributed by atoms with Crippen LogP contribution in [0.5, 0.6) is 0 Å². The predicted molar refractivity (Wildman–Crippen MR) is 80.5 cm³/mol. The first-order valence-corrected chi connectivity index (χ1v) is 8.03. The summed E-state index contributed by atoms with van der Waals surface area (Å²) in [6, 6.07) is 10.4. The van der Waals surface area contributed by atoms with Crippen LogP contribution in [-0.2, 0) is 12.8 Å². The Hall–Kier alpha value is -0.310. The molecule has 1 aromatic heterocycles. The summed E-state index contributed by atoms with van der Waals surface area (Å²) in [6.07, 6.45) is 2.20. The van der Waals surface area contributed by atoms with Crippen LogP contribution < -0.4 is 0 Å². The van der Waals surface area contributed by atoms with E-state index >= 15 is 0 Å². The third kappa shape index (κ3) is 4.13. The molecule has 0 bridgehead atoms. The second kappa shape index (κ2) is 6.58. The van der Waals surface area contributed by atoms with Crippen molar-refractivity contribution in [2.45, 2.75) is 12.8 Å². The lowest BCUT2D eigenvalue weighted by molar-refractivity contribution is 0.592. The number of alkyl halides is 1. The van der Waals surface area contributed by atoms with Crippen LogP contribution in [0, 0.1) is 5.92 Å². The highest BCUT2D eigenvalue weighted by atomic mass is 79.9. The number of hydrogen-bond acceptors (Lipinski definition) is 1. The molecule has 0 aliphatic rings. The van der Waals surface area contributed by atoms with Gasteiger partial charge in [0.2, 0.25) is 0 Å². The molecule has 1 aromatic carbocycles. The molecular weight excluding hydrogens is 316 g/mol. The van der Waals surface area contributed by atoms with Crippen molar-refractivity contribution >= 4 is 38.9 Å². The molecule has 2 aromatic rings. The summed E-state index contributed by atoms with van der Waals surface area (Å²) in [5.74, 6) is 0.628. The number of thiophene rings is 1. The highest BCUT2D eigenvalue weighted by Gasteiger charge is 2.10. The van der Waals surface area contributed by atoms with E-state index in [0.717, 1.165) is 23.2 Å². The van der Waals surface area contributed by atoms with Crippen LogP contribution in [0.2, 0.25) is 5.02 Å². The SMILES string of the molecule is Clc1cccc(CC(CBr)Cc2ccsc2)c1. The van der Waals surface area contributed by atoms with E-state index in [1.54, 1.807) is 11.3 Å². The van der Waals surface area contributed by atoms with Crippen molar-refractivity contribution in [3.05, 3.63) is 57.2 Å². The summed E-state index contributed by atoms with van der Waals surface area (Å²) in [7, 11) is 0. The molecule has 0 fully saturated rings. The van der Waals surface area contributed by atoms with Gasteiger partial charge in [-0.3, -0.25) is 0 Å². The Balaban J connectivity index is 2.00. The van der Waals surface area contributed by atoms with E-state index in [4.69, 9.17) is 11.6 Å². The van der Waals surface area contributed by atoms with E-state index in [2.05, 4.69) is 44.9 Å². The van der Waals surface area contributed by atoms with Crippen molar-refractivity contribution < 1.29 is 0 Å². The molecule has 3 heteroatoms. The molecule has 1 unspecified atom stereocenters. The van der Waals surface area contributed by atoms with Crippen molar-refractivity contribution in [1.29, 1.82) is 0 Å². The van der Waals surface area contributed by atoms with Gasteiger partial charge >= 0.3 is 0 Å². The smallest absolute Gasteiger partial charge is 0.0408 e. The Morgan fingerprint density at radius 1 is 1.18 bits per heavy atom. The average Bonchev–Trinajstić information content (AvgIpc) is 2.81. The van der Waals surface area contributed by atoms with Crippen molar-refractivity contribution in [3.8, 4) is 0 Å². The molecule has 90 valence electrons. The lowest BCUT2D eigenvalue weighted by Crippen LogP contribution is -2.09. The summed E-state index contributed by atoms with van der Waals surface area (Å²) >= 11 is 11.4. The average molecular weight is 330 g/mol. The molecule has 0 saturated heterocycles. The fraction of sp³-hybridized carbons (Fsp3) is 0.286. The monoisotopic (exact) mass is 328 g/mol. The number of halogens is 2. The van der Waals surface area contributed by atoms with Gasteiger partial charge in [0, 0.05) is 10.4 Å². The molecule has 0 radical (unpaired) electrons. The largest absolute Gasteiger partial charge is 0.152 e. The van der Waals surface area contributed by atoms with E-state index in [1.807, 2.05) is 12.1 Å². The van der Waals surface area contributed by atoms with Gasteiger partial charge < -0.3 is 0 Å². The summed E-state index contributed by atoms with van der Waals surface area (Å²) in [5.41, 5.74) is 2.75. The van der Waals surface area contributed by atoms with Gasteiger partial charge in [-0.05, 0) is 58.8 Å². The third-order valence-corrected chi connectivity index (χ3v) is 4.62. The first-order chi connectivity index (χ1) is 8.28. The lowest BCUT2D eigenvalue weighted by Gasteiger charge is -2.13. The summed E-state index contributed by atoms with van der Waals surface area (Å²) < 4.78 is 0. The van der Waals surface area contributed by atoms with Gasteiger partial charge in [0.05, 0.1) is 0 Å². The van der Waals surface area contributed by atoms with Gasteiger partial charge in [0.15, 0.2) is 0 Å². The second-order valence-electron chi connectivity index (χ2n) is 4.19. The maximum atomic E-state index is 6.00. The molecule has 0 aliphatic carbocycles. The van der Waals surface area contributed by atoms with Gasteiger partial charge in [0.25, 0.3) is 0 Å². The summed E-state index contributed by atoms with van der Waals surface area (Å²) in [5, 5.41) is 6.22. The van der Waals surface area contributed by atoms with Crippen molar-refractivity contribution in [1.82, 2.24) is 0 Å². The standard InChI is InChI=1S/C14H14BrClS/c15-9-13(7-12-4-5-17-10-12)6-11-2-1-3-14(16)8-11/h1-5,8,10,13H,6-7,9H2. The summed E-state index contributed by atoms with van der Waals surface area (Å²) in [6.45, 7) is 0. The van der Waals surface area contributed by atoms with Crippen molar-refractivity contribution in [3.63, 3.8) is 0 Å². The van der Waals surface area contributed by atoms with E-state index in [-0.39, 0.29) is 0 Å². The van der Waals surface area contributed by atoms with Crippen LogP contribution in [0.25, 0.3) is 0 Å². The molecule has 0 saturated carbocycles. The van der Waals surface area contributed by atoms with Crippen LogP contribution in [0.4, 0.5) is 0 Å². The van der Waals surface area contributed by atoms with Gasteiger partial charge in [-0.2, -0.15) is 11.3 Å². The quantitative estimate of drug-likeness (QED) is 0.662. The number of benzene rings is 1. The van der Waals surface area contributed by atoms with E-state index in [9.17, 15) is 0 Å². The van der Waals surface area contributed by atoms with Crippen molar-refractivity contribution in [2.24, 2.45) is 5.92 Å². The summed E-state index contributed by atoms with van der Waals surface area (Å²) in [4.78, 5) is 0. The van der Waals surface area contributed by atoms with Crippen LogP contribution >= 0.6 is 38.9 Å². The van der Waals surface area contributed by atoms with Gasteiger partial charge in [-0.15, -0.1) is 0 Å². The van der Waals surface area contributed by atoms with Crippen LogP contribution in [0.15, 0.2) is 41.1 Å². The topological polar surface area (TPSA) is 0 Å².